The Morgan fingerprint density at radius 1 is 1.24 bits per heavy atom. The summed E-state index contributed by atoms with van der Waals surface area (Å²) in [5.74, 6) is -1.08. The number of nitrogens with one attached hydrogen (secondary N) is 2. The molecule has 0 aliphatic heterocycles. The second-order valence-electron chi connectivity index (χ2n) is 5.45. The van der Waals surface area contributed by atoms with E-state index in [1.807, 2.05) is 0 Å². The Morgan fingerprint density at radius 2 is 1.96 bits per heavy atom. The molecule has 2 aromatic carbocycles. The van der Waals surface area contributed by atoms with Gasteiger partial charge in [0.2, 0.25) is 0 Å². The van der Waals surface area contributed by atoms with E-state index in [9.17, 15) is 14.7 Å². The van der Waals surface area contributed by atoms with Crippen molar-refractivity contribution in [3.63, 3.8) is 0 Å². The highest BCUT2D eigenvalue weighted by atomic mass is 35.5. The third-order valence-electron chi connectivity index (χ3n) is 3.69. The van der Waals surface area contributed by atoms with Gasteiger partial charge in [0.05, 0.1) is 12.1 Å². The maximum Gasteiger partial charge on any atom is 0.265 e. The molecule has 0 saturated heterocycles. The Labute approximate surface area is 148 Å². The Kier molecular flexibility index (Phi) is 4.74. The summed E-state index contributed by atoms with van der Waals surface area (Å²) >= 11 is 5.80. The molecule has 0 atom stereocenters. The maximum absolute atomic E-state index is 12.4. The predicted octanol–water partition coefficient (Wildman–Crippen LogP) is 3.29. The lowest BCUT2D eigenvalue weighted by molar-refractivity contribution is 0.102. The van der Waals surface area contributed by atoms with E-state index >= 15 is 0 Å². The lowest BCUT2D eigenvalue weighted by atomic mass is 10.1. The Bertz CT molecular complexity index is 996. The van der Waals surface area contributed by atoms with Gasteiger partial charge in [-0.3, -0.25) is 9.59 Å². The zero-order valence-corrected chi connectivity index (χ0v) is 14.1. The molecule has 6 nitrogen and oxygen atoms in total. The number of aromatic nitrogens is 1. The standard InChI is InChI=1S/C18H15ClN2O4/c1-25-9-10-2-7-14-13(8-10)16(22)15(18(24)21-14)17(23)20-12-5-3-11(19)4-6-12/h2-8H,9H2,1H3,(H,20,23)(H2,21,22,24). The van der Waals surface area contributed by atoms with Crippen LogP contribution in [0.3, 0.4) is 0 Å². The molecule has 0 aliphatic rings. The van der Waals surface area contributed by atoms with Crippen LogP contribution in [0.5, 0.6) is 5.75 Å². The third kappa shape index (κ3) is 3.50. The van der Waals surface area contributed by atoms with Crippen molar-refractivity contribution >= 4 is 34.1 Å². The molecular weight excluding hydrogens is 344 g/mol. The number of H-pyrrole nitrogens is 1. The molecular formula is C18H15ClN2O4. The zero-order valence-electron chi connectivity index (χ0n) is 13.3. The van der Waals surface area contributed by atoms with Crippen molar-refractivity contribution in [1.82, 2.24) is 4.98 Å². The van der Waals surface area contributed by atoms with Gasteiger partial charge in [0.25, 0.3) is 11.5 Å². The van der Waals surface area contributed by atoms with Crippen LogP contribution < -0.4 is 10.9 Å². The predicted molar refractivity (Wildman–Crippen MR) is 96.4 cm³/mol. The number of benzene rings is 2. The van der Waals surface area contributed by atoms with Gasteiger partial charge in [0, 0.05) is 23.2 Å². The fourth-order valence-electron chi connectivity index (χ4n) is 2.52. The number of amides is 1. The number of hydrogen-bond donors (Lipinski definition) is 3. The van der Waals surface area contributed by atoms with E-state index in [2.05, 4.69) is 10.3 Å². The minimum absolute atomic E-state index is 0.348. The van der Waals surface area contributed by atoms with Crippen LogP contribution >= 0.6 is 11.6 Å². The average molecular weight is 359 g/mol. The first-order chi connectivity index (χ1) is 12.0. The normalized spacial score (nSPS) is 10.8. The topological polar surface area (TPSA) is 91.4 Å². The molecule has 0 aliphatic carbocycles. The Hall–Kier alpha value is -2.83. The van der Waals surface area contributed by atoms with Gasteiger partial charge in [-0.1, -0.05) is 17.7 Å². The van der Waals surface area contributed by atoms with Gasteiger partial charge in [-0.05, 0) is 42.0 Å². The molecule has 0 radical (unpaired) electrons. The van der Waals surface area contributed by atoms with E-state index in [1.165, 1.54) is 0 Å². The summed E-state index contributed by atoms with van der Waals surface area (Å²) in [7, 11) is 1.56. The van der Waals surface area contributed by atoms with Crippen LogP contribution in [0, 0.1) is 0 Å². The van der Waals surface area contributed by atoms with Crippen LogP contribution in [0.4, 0.5) is 5.69 Å². The summed E-state index contributed by atoms with van der Waals surface area (Å²) in [6, 6.07) is 11.5. The zero-order chi connectivity index (χ0) is 18.0. The average Bonchev–Trinajstić information content (AvgIpc) is 2.58. The van der Waals surface area contributed by atoms with Crippen molar-refractivity contribution < 1.29 is 14.6 Å². The Balaban J connectivity index is 2.03. The number of carbonyl (C=O) groups excluding carboxylic acids is 1. The van der Waals surface area contributed by atoms with Crippen LogP contribution in [-0.2, 0) is 11.3 Å². The summed E-state index contributed by atoms with van der Waals surface area (Å²) in [6.07, 6.45) is 0. The molecule has 128 valence electrons. The van der Waals surface area contributed by atoms with Crippen molar-refractivity contribution in [2.75, 3.05) is 12.4 Å². The minimum atomic E-state index is -0.708. The van der Waals surface area contributed by atoms with E-state index in [-0.39, 0.29) is 11.3 Å². The van der Waals surface area contributed by atoms with Gasteiger partial charge >= 0.3 is 0 Å². The fourth-order valence-corrected chi connectivity index (χ4v) is 2.64. The number of pyridine rings is 1. The first-order valence-corrected chi connectivity index (χ1v) is 7.81. The second kappa shape index (κ2) is 6.96. The number of fused-ring (bicyclic) bond motifs is 1. The first-order valence-electron chi connectivity index (χ1n) is 7.43. The summed E-state index contributed by atoms with van der Waals surface area (Å²) in [5.41, 5.74) is 0.682. The summed E-state index contributed by atoms with van der Waals surface area (Å²) in [6.45, 7) is 0.348. The molecule has 1 heterocycles. The fraction of sp³-hybridized carbons (Fsp3) is 0.111. The molecule has 0 bridgehead atoms. The molecule has 0 spiro atoms. The number of carbonyl (C=O) groups is 1. The van der Waals surface area contributed by atoms with Crippen molar-refractivity contribution in [3.8, 4) is 5.75 Å². The Morgan fingerprint density at radius 3 is 2.64 bits per heavy atom. The van der Waals surface area contributed by atoms with Gasteiger partial charge in [-0.25, -0.2) is 0 Å². The molecule has 1 aromatic heterocycles. The van der Waals surface area contributed by atoms with Crippen molar-refractivity contribution in [2.45, 2.75) is 6.61 Å². The highest BCUT2D eigenvalue weighted by Crippen LogP contribution is 2.27. The van der Waals surface area contributed by atoms with E-state index in [1.54, 1.807) is 49.6 Å². The first kappa shape index (κ1) is 17.0. The number of anilines is 1. The van der Waals surface area contributed by atoms with E-state index in [0.717, 1.165) is 5.56 Å². The lowest BCUT2D eigenvalue weighted by Crippen LogP contribution is -2.23. The highest BCUT2D eigenvalue weighted by molar-refractivity contribution is 6.30. The van der Waals surface area contributed by atoms with Gasteiger partial charge in [0.1, 0.15) is 11.3 Å². The van der Waals surface area contributed by atoms with Gasteiger partial charge in [-0.2, -0.15) is 0 Å². The monoisotopic (exact) mass is 358 g/mol. The number of aromatic hydroxyl groups is 1. The smallest absolute Gasteiger partial charge is 0.265 e. The molecule has 1 amide bonds. The van der Waals surface area contributed by atoms with Gasteiger partial charge in [0.15, 0.2) is 0 Å². The quantitative estimate of drug-likeness (QED) is 0.667. The number of halogens is 1. The van der Waals surface area contributed by atoms with E-state index in [0.29, 0.717) is 28.2 Å². The second-order valence-corrected chi connectivity index (χ2v) is 5.89. The van der Waals surface area contributed by atoms with Gasteiger partial charge < -0.3 is 20.1 Å². The van der Waals surface area contributed by atoms with Crippen molar-refractivity contribution in [2.24, 2.45) is 0 Å². The molecule has 3 N–H and O–H groups in total. The van der Waals surface area contributed by atoms with E-state index < -0.39 is 11.5 Å². The molecule has 3 rings (SSSR count). The number of methoxy groups -OCH3 is 1. The summed E-state index contributed by atoms with van der Waals surface area (Å²) in [5, 5.41) is 13.9. The third-order valence-corrected chi connectivity index (χ3v) is 3.94. The largest absolute Gasteiger partial charge is 0.506 e. The van der Waals surface area contributed by atoms with Gasteiger partial charge in [-0.15, -0.1) is 0 Å². The number of hydrogen-bond acceptors (Lipinski definition) is 4. The maximum atomic E-state index is 12.4. The number of ether oxygens (including phenoxy) is 1. The highest BCUT2D eigenvalue weighted by Gasteiger charge is 2.19. The summed E-state index contributed by atoms with van der Waals surface area (Å²) in [4.78, 5) is 27.3. The molecule has 3 aromatic rings. The molecule has 25 heavy (non-hydrogen) atoms. The summed E-state index contributed by atoms with van der Waals surface area (Å²) < 4.78 is 5.06. The van der Waals surface area contributed by atoms with Crippen LogP contribution in [-0.4, -0.2) is 23.1 Å². The van der Waals surface area contributed by atoms with E-state index in [4.69, 9.17) is 16.3 Å². The van der Waals surface area contributed by atoms with Crippen molar-refractivity contribution in [1.29, 1.82) is 0 Å². The molecule has 0 saturated carbocycles. The number of rotatable bonds is 4. The van der Waals surface area contributed by atoms with Crippen molar-refractivity contribution in [3.05, 3.63) is 69.0 Å². The van der Waals surface area contributed by atoms with Crippen LogP contribution in [0.2, 0.25) is 5.02 Å². The van der Waals surface area contributed by atoms with Crippen LogP contribution in [0.1, 0.15) is 15.9 Å². The molecule has 0 fully saturated rings. The SMILES string of the molecule is COCc1ccc2[nH]c(=O)c(C(=O)Nc3ccc(Cl)cc3)c(O)c2c1. The van der Waals surface area contributed by atoms with Crippen LogP contribution in [0.15, 0.2) is 47.3 Å². The number of aromatic amines is 1. The minimum Gasteiger partial charge on any atom is -0.506 e. The molecule has 7 heteroatoms. The molecule has 0 unspecified atom stereocenters. The van der Waals surface area contributed by atoms with Crippen LogP contribution in [0.25, 0.3) is 10.9 Å². The lowest BCUT2D eigenvalue weighted by Gasteiger charge is -2.10.